The number of fused-ring (bicyclic) bond motifs is 1. The van der Waals surface area contributed by atoms with Crippen LogP contribution in [0.2, 0.25) is 0 Å². The van der Waals surface area contributed by atoms with Crippen LogP contribution in [0.3, 0.4) is 0 Å². The summed E-state index contributed by atoms with van der Waals surface area (Å²) in [5.41, 5.74) is 0.366. The van der Waals surface area contributed by atoms with Gasteiger partial charge in [-0.1, -0.05) is 36.4 Å². The van der Waals surface area contributed by atoms with E-state index in [0.717, 1.165) is 10.8 Å². The average Bonchev–Trinajstić information content (AvgIpc) is 2.27. The molecule has 0 amide bonds. The van der Waals surface area contributed by atoms with Gasteiger partial charge in [0.1, 0.15) is 0 Å². The van der Waals surface area contributed by atoms with Crippen LogP contribution in [0.4, 0.5) is 0 Å². The normalized spacial score (nSPS) is 9.40. The first-order valence-electron chi connectivity index (χ1n) is 4.16. The Morgan fingerprint density at radius 1 is 1.07 bits per heavy atom. The second-order valence-electron chi connectivity index (χ2n) is 2.91. The Labute approximate surface area is 98.8 Å². The Morgan fingerprint density at radius 2 is 1.73 bits per heavy atom. The van der Waals surface area contributed by atoms with Crippen LogP contribution < -0.4 is 0 Å². The van der Waals surface area contributed by atoms with Gasteiger partial charge in [-0.2, -0.15) is 5.26 Å². The van der Waals surface area contributed by atoms with Gasteiger partial charge in [0, 0.05) is 18.9 Å². The Bertz CT molecular complexity index is 477. The third-order valence-electron chi connectivity index (χ3n) is 2.09. The van der Waals surface area contributed by atoms with E-state index >= 15 is 0 Å². The van der Waals surface area contributed by atoms with Crippen LogP contribution in [-0.4, -0.2) is 30.1 Å². The van der Waals surface area contributed by atoms with E-state index in [9.17, 15) is 4.79 Å². The predicted octanol–water partition coefficient (Wildman–Crippen LogP) is 2.09. The molecule has 0 atom stereocenters. The van der Waals surface area contributed by atoms with Crippen LogP contribution in [0, 0.1) is 0 Å². The Kier molecular flexibility index (Phi) is 3.93. The van der Waals surface area contributed by atoms with Crippen molar-refractivity contribution in [3.05, 3.63) is 48.0 Å². The molecule has 0 aliphatic rings. The fourth-order valence-electron chi connectivity index (χ4n) is 1.45. The number of rotatable bonds is 1. The summed E-state index contributed by atoms with van der Waals surface area (Å²) < 4.78 is 0. The minimum Gasteiger partial charge on any atom is -0.295 e. The monoisotopic (exact) mass is 195 g/mol. The molecule has 0 saturated heterocycles. The van der Waals surface area contributed by atoms with E-state index in [2.05, 4.69) is 4.89 Å². The van der Waals surface area contributed by atoms with E-state index < -0.39 is 5.97 Å². The van der Waals surface area contributed by atoms with Crippen LogP contribution in [0.1, 0.15) is 10.4 Å². The van der Waals surface area contributed by atoms with Crippen molar-refractivity contribution < 1.29 is 14.9 Å². The molecular weight excluding hydrogens is 187 g/mol. The number of hydrogen-bond acceptors (Lipinski definition) is 3. The Hall–Kier alpha value is -1.27. The number of benzene rings is 2. The minimum absolute atomic E-state index is 0. The molecule has 2 rings (SSSR count). The summed E-state index contributed by atoms with van der Waals surface area (Å²) in [5, 5.41) is 10.0. The molecule has 4 heteroatoms. The van der Waals surface area contributed by atoms with Crippen LogP contribution in [0.15, 0.2) is 42.5 Å². The summed E-state index contributed by atoms with van der Waals surface area (Å²) in [7, 11) is 0. The van der Waals surface area contributed by atoms with E-state index in [1.807, 2.05) is 30.3 Å². The average molecular weight is 195 g/mol. The van der Waals surface area contributed by atoms with Crippen molar-refractivity contribution >= 4 is 35.6 Å². The molecule has 0 fully saturated rings. The third-order valence-corrected chi connectivity index (χ3v) is 2.09. The molecule has 0 unspecified atom stereocenters. The van der Waals surface area contributed by atoms with E-state index in [4.69, 9.17) is 5.26 Å². The summed E-state index contributed by atoms with van der Waals surface area (Å²) in [5.74, 6) is -0.734. The van der Waals surface area contributed by atoms with Crippen molar-refractivity contribution in [3.63, 3.8) is 0 Å². The molecule has 0 aromatic heterocycles. The van der Waals surface area contributed by atoms with Crippen LogP contribution in [0.5, 0.6) is 0 Å². The number of hydrogen-bond donors (Lipinski definition) is 1. The quantitative estimate of drug-likeness (QED) is 0.430. The van der Waals surface area contributed by atoms with E-state index in [1.54, 1.807) is 12.1 Å². The zero-order chi connectivity index (χ0) is 9.97. The molecule has 1 N–H and O–H groups in total. The second kappa shape index (κ2) is 4.99. The summed E-state index contributed by atoms with van der Waals surface area (Å²) in [6.07, 6.45) is 0. The zero-order valence-electron chi connectivity index (χ0n) is 8.31. The van der Waals surface area contributed by atoms with Crippen molar-refractivity contribution in [1.82, 2.24) is 0 Å². The maximum absolute atomic E-state index is 11.2. The molecular formula is C11H8LiO3. The molecule has 15 heavy (non-hydrogen) atoms. The first-order valence-corrected chi connectivity index (χ1v) is 4.16. The molecule has 2 aromatic carbocycles. The van der Waals surface area contributed by atoms with Gasteiger partial charge in [0.05, 0.1) is 5.56 Å². The second-order valence-corrected chi connectivity index (χ2v) is 2.91. The molecule has 3 nitrogen and oxygen atoms in total. The molecule has 0 bridgehead atoms. The molecule has 2 aromatic rings. The molecule has 71 valence electrons. The zero-order valence-corrected chi connectivity index (χ0v) is 8.31. The fraction of sp³-hybridized carbons (Fsp3) is 0. The van der Waals surface area contributed by atoms with Gasteiger partial charge in [-0.3, -0.25) is 4.89 Å². The Morgan fingerprint density at radius 3 is 2.47 bits per heavy atom. The van der Waals surface area contributed by atoms with Crippen molar-refractivity contribution in [2.24, 2.45) is 0 Å². The van der Waals surface area contributed by atoms with Gasteiger partial charge in [0.2, 0.25) is 0 Å². The van der Waals surface area contributed by atoms with Gasteiger partial charge >= 0.3 is 5.97 Å². The van der Waals surface area contributed by atoms with Gasteiger partial charge in [0.15, 0.2) is 0 Å². The van der Waals surface area contributed by atoms with Crippen LogP contribution in [-0.2, 0) is 4.89 Å². The largest absolute Gasteiger partial charge is 0.373 e. The smallest absolute Gasteiger partial charge is 0.295 e. The third kappa shape index (κ3) is 2.21. The molecule has 0 aliphatic carbocycles. The van der Waals surface area contributed by atoms with Crippen molar-refractivity contribution in [2.75, 3.05) is 0 Å². The number of carbonyl (C=O) groups excluding carboxylic acids is 1. The standard InChI is InChI=1S/C11H8O3.Li/c12-11(14-13)10-7-3-5-8-4-1-2-6-9(8)10;/h1-7,13H;. The summed E-state index contributed by atoms with van der Waals surface area (Å²) in [6, 6.07) is 12.7. The maximum Gasteiger partial charge on any atom is 0.373 e. The summed E-state index contributed by atoms with van der Waals surface area (Å²) in [4.78, 5) is 14.9. The summed E-state index contributed by atoms with van der Waals surface area (Å²) >= 11 is 0. The van der Waals surface area contributed by atoms with Crippen molar-refractivity contribution in [1.29, 1.82) is 0 Å². The molecule has 0 heterocycles. The van der Waals surface area contributed by atoms with Crippen molar-refractivity contribution in [2.45, 2.75) is 0 Å². The number of carbonyl (C=O) groups is 1. The van der Waals surface area contributed by atoms with E-state index in [-0.39, 0.29) is 18.9 Å². The molecule has 0 aliphatic heterocycles. The SMILES string of the molecule is O=C(OO)c1cccc2ccccc12.[Li]. The first-order chi connectivity index (χ1) is 6.83. The van der Waals surface area contributed by atoms with E-state index in [0.29, 0.717) is 5.56 Å². The van der Waals surface area contributed by atoms with Crippen molar-refractivity contribution in [3.8, 4) is 0 Å². The van der Waals surface area contributed by atoms with Gasteiger partial charge in [-0.05, 0) is 16.8 Å². The van der Waals surface area contributed by atoms with Gasteiger partial charge < -0.3 is 0 Å². The van der Waals surface area contributed by atoms with Gasteiger partial charge in [-0.15, -0.1) is 0 Å². The van der Waals surface area contributed by atoms with Crippen LogP contribution in [0.25, 0.3) is 10.8 Å². The first kappa shape index (κ1) is 11.8. The van der Waals surface area contributed by atoms with Crippen LogP contribution >= 0.6 is 0 Å². The molecule has 0 spiro atoms. The van der Waals surface area contributed by atoms with Gasteiger partial charge in [-0.25, -0.2) is 4.79 Å². The summed E-state index contributed by atoms with van der Waals surface area (Å²) in [6.45, 7) is 0. The minimum atomic E-state index is -0.734. The topological polar surface area (TPSA) is 46.5 Å². The molecule has 0 saturated carbocycles. The van der Waals surface area contributed by atoms with E-state index in [1.165, 1.54) is 0 Å². The maximum atomic E-state index is 11.2. The Balaban J connectivity index is 0.00000112. The fourth-order valence-corrected chi connectivity index (χ4v) is 1.45. The molecule has 1 radical (unpaired) electrons. The predicted molar refractivity (Wildman–Crippen MR) is 57.7 cm³/mol. The van der Waals surface area contributed by atoms with Gasteiger partial charge in [0.25, 0.3) is 0 Å².